The normalized spacial score (nSPS) is 9.31. The van der Waals surface area contributed by atoms with Crippen LogP contribution in [0.2, 0.25) is 0 Å². The van der Waals surface area contributed by atoms with E-state index < -0.39 is 0 Å². The number of ether oxygens (including phenoxy) is 1. The SMILES string of the molecule is COc1c(C#N)cccc1C(=O)CC(C)=O. The highest BCUT2D eigenvalue weighted by Gasteiger charge is 2.16. The van der Waals surface area contributed by atoms with Gasteiger partial charge in [-0.1, -0.05) is 6.07 Å². The summed E-state index contributed by atoms with van der Waals surface area (Å²) < 4.78 is 5.02. The Kier molecular flexibility index (Phi) is 3.78. The summed E-state index contributed by atoms with van der Waals surface area (Å²) in [6.45, 7) is 1.35. The van der Waals surface area contributed by atoms with E-state index in [-0.39, 0.29) is 34.9 Å². The number of Topliss-reactive ketones (excluding diaryl/α,β-unsaturated/α-hetero) is 2. The lowest BCUT2D eigenvalue weighted by Gasteiger charge is -2.07. The molecular formula is C12H11NO3. The van der Waals surface area contributed by atoms with Crippen LogP contribution in [-0.2, 0) is 4.79 Å². The second-order valence-electron chi connectivity index (χ2n) is 3.30. The fourth-order valence-electron chi connectivity index (χ4n) is 1.39. The Balaban J connectivity index is 3.19. The number of hydrogen-bond acceptors (Lipinski definition) is 4. The van der Waals surface area contributed by atoms with Gasteiger partial charge in [0.05, 0.1) is 24.7 Å². The largest absolute Gasteiger partial charge is 0.495 e. The molecule has 0 aliphatic heterocycles. The number of benzene rings is 1. The van der Waals surface area contributed by atoms with Gasteiger partial charge in [-0.2, -0.15) is 5.26 Å². The number of carbonyl (C=O) groups excluding carboxylic acids is 2. The highest BCUT2D eigenvalue weighted by Crippen LogP contribution is 2.24. The Labute approximate surface area is 93.5 Å². The molecule has 0 aliphatic carbocycles. The first-order chi connectivity index (χ1) is 7.60. The highest BCUT2D eigenvalue weighted by molar-refractivity contribution is 6.09. The maximum atomic E-state index is 11.7. The first kappa shape index (κ1) is 11.9. The van der Waals surface area contributed by atoms with Crippen LogP contribution in [0.1, 0.15) is 29.3 Å². The number of ketones is 2. The van der Waals surface area contributed by atoms with Gasteiger partial charge in [-0.15, -0.1) is 0 Å². The van der Waals surface area contributed by atoms with Gasteiger partial charge >= 0.3 is 0 Å². The molecule has 0 saturated heterocycles. The number of nitrogens with zero attached hydrogens (tertiary/aromatic N) is 1. The summed E-state index contributed by atoms with van der Waals surface area (Å²) >= 11 is 0. The lowest BCUT2D eigenvalue weighted by atomic mass is 10.0. The molecule has 0 aromatic heterocycles. The van der Waals surface area contributed by atoms with E-state index in [0.717, 1.165) is 0 Å². The quantitative estimate of drug-likeness (QED) is 0.569. The van der Waals surface area contributed by atoms with E-state index in [0.29, 0.717) is 0 Å². The summed E-state index contributed by atoms with van der Waals surface area (Å²) in [4.78, 5) is 22.5. The van der Waals surface area contributed by atoms with Crippen molar-refractivity contribution in [1.29, 1.82) is 5.26 Å². The van der Waals surface area contributed by atoms with Crippen molar-refractivity contribution in [3.05, 3.63) is 29.3 Å². The molecule has 0 atom stereocenters. The molecule has 0 unspecified atom stereocenters. The minimum atomic E-state index is -0.332. The van der Waals surface area contributed by atoms with Crippen molar-refractivity contribution in [3.63, 3.8) is 0 Å². The third-order valence-electron chi connectivity index (χ3n) is 2.05. The van der Waals surface area contributed by atoms with Crippen LogP contribution in [0.5, 0.6) is 5.75 Å². The molecule has 1 rings (SSSR count). The molecule has 4 heteroatoms. The van der Waals surface area contributed by atoms with E-state index in [9.17, 15) is 9.59 Å². The van der Waals surface area contributed by atoms with Crippen LogP contribution in [0.3, 0.4) is 0 Å². The van der Waals surface area contributed by atoms with E-state index in [4.69, 9.17) is 10.00 Å². The molecule has 82 valence electrons. The molecule has 0 N–H and O–H groups in total. The number of para-hydroxylation sites is 1. The molecule has 16 heavy (non-hydrogen) atoms. The Morgan fingerprint density at radius 3 is 2.62 bits per heavy atom. The van der Waals surface area contributed by atoms with Crippen molar-refractivity contribution in [1.82, 2.24) is 0 Å². The van der Waals surface area contributed by atoms with Crippen molar-refractivity contribution in [2.24, 2.45) is 0 Å². The summed E-state index contributed by atoms with van der Waals surface area (Å²) in [6, 6.07) is 6.63. The maximum Gasteiger partial charge on any atom is 0.173 e. The van der Waals surface area contributed by atoms with Crippen molar-refractivity contribution < 1.29 is 14.3 Å². The Hall–Kier alpha value is -2.15. The predicted molar refractivity (Wildman–Crippen MR) is 57.3 cm³/mol. The zero-order chi connectivity index (χ0) is 12.1. The molecule has 0 amide bonds. The van der Waals surface area contributed by atoms with Gasteiger partial charge in [0.15, 0.2) is 5.78 Å². The number of carbonyl (C=O) groups is 2. The monoisotopic (exact) mass is 217 g/mol. The van der Waals surface area contributed by atoms with Crippen LogP contribution in [0.25, 0.3) is 0 Å². The second kappa shape index (κ2) is 5.08. The van der Waals surface area contributed by atoms with Gasteiger partial charge in [0.25, 0.3) is 0 Å². The summed E-state index contributed by atoms with van der Waals surface area (Å²) in [5.74, 6) is -0.313. The molecule has 0 saturated carbocycles. The molecule has 0 spiro atoms. The fraction of sp³-hybridized carbons (Fsp3) is 0.250. The second-order valence-corrected chi connectivity index (χ2v) is 3.30. The third-order valence-corrected chi connectivity index (χ3v) is 2.05. The fourth-order valence-corrected chi connectivity index (χ4v) is 1.39. The van der Waals surface area contributed by atoms with Crippen molar-refractivity contribution in [2.75, 3.05) is 7.11 Å². The molecule has 1 aromatic carbocycles. The van der Waals surface area contributed by atoms with Crippen molar-refractivity contribution in [3.8, 4) is 11.8 Å². The van der Waals surface area contributed by atoms with Crippen molar-refractivity contribution >= 4 is 11.6 Å². The first-order valence-electron chi connectivity index (χ1n) is 4.70. The smallest absolute Gasteiger partial charge is 0.173 e. The van der Waals surface area contributed by atoms with Crippen LogP contribution in [0.15, 0.2) is 18.2 Å². The molecule has 0 aliphatic rings. The lowest BCUT2D eigenvalue weighted by molar-refractivity contribution is -0.116. The molecule has 4 nitrogen and oxygen atoms in total. The Morgan fingerprint density at radius 2 is 2.12 bits per heavy atom. The van der Waals surface area contributed by atoms with Crippen LogP contribution >= 0.6 is 0 Å². The minimum Gasteiger partial charge on any atom is -0.495 e. The van der Waals surface area contributed by atoms with Gasteiger partial charge in [-0.3, -0.25) is 9.59 Å². The van der Waals surface area contributed by atoms with E-state index >= 15 is 0 Å². The van der Waals surface area contributed by atoms with Gasteiger partial charge in [0, 0.05) is 0 Å². The van der Waals surface area contributed by atoms with Crippen molar-refractivity contribution in [2.45, 2.75) is 13.3 Å². The summed E-state index contributed by atoms with van der Waals surface area (Å²) in [5.41, 5.74) is 0.564. The van der Waals surface area contributed by atoms with E-state index in [2.05, 4.69) is 0 Å². The van der Waals surface area contributed by atoms with Crippen LogP contribution in [0.4, 0.5) is 0 Å². The summed E-state index contributed by atoms with van der Waals surface area (Å²) in [6.07, 6.45) is -0.175. The van der Waals surface area contributed by atoms with Gasteiger partial charge < -0.3 is 4.74 Å². The van der Waals surface area contributed by atoms with E-state index in [1.165, 1.54) is 14.0 Å². The molecule has 0 radical (unpaired) electrons. The highest BCUT2D eigenvalue weighted by atomic mass is 16.5. The van der Waals surface area contributed by atoms with E-state index in [1.54, 1.807) is 18.2 Å². The number of hydrogen-bond donors (Lipinski definition) is 0. The Bertz CT molecular complexity index is 472. The third kappa shape index (κ3) is 2.45. The lowest BCUT2D eigenvalue weighted by Crippen LogP contribution is -2.07. The van der Waals surface area contributed by atoms with Gasteiger partial charge in [0.1, 0.15) is 17.6 Å². The molecule has 1 aromatic rings. The average molecular weight is 217 g/mol. The summed E-state index contributed by atoms with van der Waals surface area (Å²) in [5, 5.41) is 8.83. The van der Waals surface area contributed by atoms with Gasteiger partial charge in [-0.25, -0.2) is 0 Å². The average Bonchev–Trinajstić information content (AvgIpc) is 2.26. The van der Waals surface area contributed by atoms with Crippen LogP contribution in [0, 0.1) is 11.3 Å². The zero-order valence-electron chi connectivity index (χ0n) is 9.11. The molecular weight excluding hydrogens is 206 g/mol. The molecule has 0 fully saturated rings. The maximum absolute atomic E-state index is 11.7. The zero-order valence-corrected chi connectivity index (χ0v) is 9.11. The number of nitriles is 1. The Morgan fingerprint density at radius 1 is 1.44 bits per heavy atom. The van der Waals surface area contributed by atoms with E-state index in [1.807, 2.05) is 6.07 Å². The van der Waals surface area contributed by atoms with Crippen LogP contribution in [-0.4, -0.2) is 18.7 Å². The summed E-state index contributed by atoms with van der Waals surface area (Å²) in [7, 11) is 1.39. The van der Waals surface area contributed by atoms with Crippen LogP contribution < -0.4 is 4.74 Å². The minimum absolute atomic E-state index is 0.175. The first-order valence-corrected chi connectivity index (χ1v) is 4.70. The number of methoxy groups -OCH3 is 1. The van der Waals surface area contributed by atoms with Gasteiger partial charge in [-0.05, 0) is 19.1 Å². The molecule has 0 heterocycles. The topological polar surface area (TPSA) is 67.2 Å². The molecule has 0 bridgehead atoms. The standard InChI is InChI=1S/C12H11NO3/c1-8(14)6-11(15)10-5-3-4-9(7-13)12(10)16-2/h3-5H,6H2,1-2H3. The predicted octanol–water partition coefficient (Wildman–Crippen LogP) is 1.73. The van der Waals surface area contributed by atoms with Gasteiger partial charge in [0.2, 0.25) is 0 Å². The number of rotatable bonds is 4.